The van der Waals surface area contributed by atoms with Crippen LogP contribution in [0.4, 0.5) is 0 Å². The maximum Gasteiger partial charge on any atom is 0.224 e. The third-order valence-electron chi connectivity index (χ3n) is 4.66. The molecule has 0 aliphatic carbocycles. The normalized spacial score (nSPS) is 21.0. The molecule has 1 amide bonds. The Labute approximate surface area is 141 Å². The number of aromatic nitrogens is 4. The number of aliphatic hydroxyl groups excluding tert-OH is 1. The standard InChI is InChI=1S/C17H23N5O2/c1-13-18-19-20-22(13)10-8-17(24)21-9-7-15(16(23)12-21)11-14-5-3-2-4-6-14/h2-6,15-16,23H,7-12H2,1H3/t15-,16-/m1/s1. The third kappa shape index (κ3) is 3.97. The quantitative estimate of drug-likeness (QED) is 0.878. The monoisotopic (exact) mass is 329 g/mol. The second-order valence-corrected chi connectivity index (χ2v) is 6.34. The van der Waals surface area contributed by atoms with Crippen LogP contribution < -0.4 is 0 Å². The fraction of sp³-hybridized carbons (Fsp3) is 0.529. The minimum absolute atomic E-state index is 0.0436. The van der Waals surface area contributed by atoms with E-state index >= 15 is 0 Å². The number of nitrogens with zero attached hydrogens (tertiary/aromatic N) is 5. The van der Waals surface area contributed by atoms with E-state index in [1.54, 1.807) is 9.58 Å². The summed E-state index contributed by atoms with van der Waals surface area (Å²) in [5.74, 6) is 0.949. The number of hydrogen-bond donors (Lipinski definition) is 1. The number of aliphatic hydroxyl groups is 1. The van der Waals surface area contributed by atoms with E-state index in [1.165, 1.54) is 5.56 Å². The number of piperidine rings is 1. The highest BCUT2D eigenvalue weighted by Crippen LogP contribution is 2.22. The molecule has 1 aromatic heterocycles. The zero-order valence-electron chi connectivity index (χ0n) is 13.9. The second kappa shape index (κ2) is 7.53. The number of tetrazole rings is 1. The van der Waals surface area contributed by atoms with Gasteiger partial charge in [-0.1, -0.05) is 30.3 Å². The van der Waals surface area contributed by atoms with Crippen LogP contribution >= 0.6 is 0 Å². The van der Waals surface area contributed by atoms with Gasteiger partial charge in [0.05, 0.1) is 12.6 Å². The molecule has 24 heavy (non-hydrogen) atoms. The lowest BCUT2D eigenvalue weighted by molar-refractivity contribution is -0.135. The van der Waals surface area contributed by atoms with Crippen molar-refractivity contribution in [2.24, 2.45) is 5.92 Å². The van der Waals surface area contributed by atoms with Gasteiger partial charge in [-0.25, -0.2) is 4.68 Å². The van der Waals surface area contributed by atoms with E-state index < -0.39 is 6.10 Å². The molecular weight excluding hydrogens is 306 g/mol. The molecular formula is C17H23N5O2. The summed E-state index contributed by atoms with van der Waals surface area (Å²) in [6.45, 7) is 3.38. The summed E-state index contributed by atoms with van der Waals surface area (Å²) in [7, 11) is 0. The molecule has 0 radical (unpaired) electrons. The SMILES string of the molecule is Cc1nnnn1CCC(=O)N1CC[C@H](Cc2ccccc2)[C@H](O)C1. The van der Waals surface area contributed by atoms with Crippen molar-refractivity contribution in [2.75, 3.05) is 13.1 Å². The van der Waals surface area contributed by atoms with E-state index in [0.717, 1.165) is 12.8 Å². The van der Waals surface area contributed by atoms with Crippen LogP contribution in [0.1, 0.15) is 24.2 Å². The van der Waals surface area contributed by atoms with Gasteiger partial charge in [0.25, 0.3) is 0 Å². The number of aryl methyl sites for hydroxylation is 2. The Morgan fingerprint density at radius 2 is 2.12 bits per heavy atom. The van der Waals surface area contributed by atoms with E-state index in [9.17, 15) is 9.90 Å². The van der Waals surface area contributed by atoms with Crippen LogP contribution in [-0.4, -0.2) is 55.3 Å². The topological polar surface area (TPSA) is 84.1 Å². The van der Waals surface area contributed by atoms with Crippen LogP contribution in [0.2, 0.25) is 0 Å². The van der Waals surface area contributed by atoms with Crippen LogP contribution in [-0.2, 0) is 17.8 Å². The predicted molar refractivity (Wildman–Crippen MR) is 88.0 cm³/mol. The largest absolute Gasteiger partial charge is 0.391 e. The Bertz CT molecular complexity index is 673. The minimum Gasteiger partial charge on any atom is -0.391 e. The smallest absolute Gasteiger partial charge is 0.224 e. The van der Waals surface area contributed by atoms with Crippen molar-refractivity contribution in [3.05, 3.63) is 41.7 Å². The summed E-state index contributed by atoms with van der Waals surface area (Å²) < 4.78 is 1.62. The van der Waals surface area contributed by atoms with Crippen molar-refractivity contribution in [3.63, 3.8) is 0 Å². The molecule has 0 spiro atoms. The van der Waals surface area contributed by atoms with Gasteiger partial charge in [-0.15, -0.1) is 5.10 Å². The molecule has 0 bridgehead atoms. The van der Waals surface area contributed by atoms with Gasteiger partial charge in [-0.3, -0.25) is 4.79 Å². The summed E-state index contributed by atoms with van der Waals surface area (Å²) in [6.07, 6.45) is 1.55. The van der Waals surface area contributed by atoms with Gasteiger partial charge < -0.3 is 10.0 Å². The van der Waals surface area contributed by atoms with Gasteiger partial charge in [-0.2, -0.15) is 0 Å². The Kier molecular flexibility index (Phi) is 5.20. The van der Waals surface area contributed by atoms with Crippen molar-refractivity contribution in [1.82, 2.24) is 25.1 Å². The number of benzene rings is 1. The lowest BCUT2D eigenvalue weighted by Crippen LogP contribution is -2.47. The van der Waals surface area contributed by atoms with Crippen molar-refractivity contribution < 1.29 is 9.90 Å². The van der Waals surface area contributed by atoms with Crippen LogP contribution in [0.5, 0.6) is 0 Å². The molecule has 2 heterocycles. The van der Waals surface area contributed by atoms with Crippen LogP contribution in [0.3, 0.4) is 0 Å². The number of carbonyl (C=O) groups is 1. The molecule has 1 aromatic carbocycles. The van der Waals surface area contributed by atoms with Gasteiger partial charge in [0.15, 0.2) is 0 Å². The summed E-state index contributed by atoms with van der Waals surface area (Å²) in [5, 5.41) is 21.6. The van der Waals surface area contributed by atoms with Gasteiger partial charge >= 0.3 is 0 Å². The molecule has 7 nitrogen and oxygen atoms in total. The summed E-state index contributed by atoms with van der Waals surface area (Å²) in [4.78, 5) is 14.1. The first-order chi connectivity index (χ1) is 11.6. The summed E-state index contributed by atoms with van der Waals surface area (Å²) >= 11 is 0. The molecule has 2 aromatic rings. The van der Waals surface area contributed by atoms with Gasteiger partial charge in [0.1, 0.15) is 5.82 Å². The van der Waals surface area contributed by atoms with E-state index in [2.05, 4.69) is 27.7 Å². The molecule has 1 aliphatic rings. The molecule has 0 saturated carbocycles. The molecule has 1 saturated heterocycles. The van der Waals surface area contributed by atoms with Crippen molar-refractivity contribution in [1.29, 1.82) is 0 Å². The van der Waals surface area contributed by atoms with Crippen molar-refractivity contribution in [2.45, 2.75) is 38.8 Å². The average Bonchev–Trinajstić information content (AvgIpc) is 3.00. The predicted octanol–water partition coefficient (Wildman–Crippen LogP) is 0.824. The third-order valence-corrected chi connectivity index (χ3v) is 4.66. The fourth-order valence-corrected chi connectivity index (χ4v) is 3.18. The Hall–Kier alpha value is -2.28. The summed E-state index contributed by atoms with van der Waals surface area (Å²) in [5.41, 5.74) is 1.23. The Morgan fingerprint density at radius 1 is 1.33 bits per heavy atom. The van der Waals surface area contributed by atoms with E-state index in [-0.39, 0.29) is 11.8 Å². The highest BCUT2D eigenvalue weighted by Gasteiger charge is 2.30. The molecule has 3 rings (SSSR count). The molecule has 128 valence electrons. The van der Waals surface area contributed by atoms with Crippen LogP contribution in [0.15, 0.2) is 30.3 Å². The maximum absolute atomic E-state index is 12.3. The lowest BCUT2D eigenvalue weighted by atomic mass is 9.88. The highest BCUT2D eigenvalue weighted by molar-refractivity contribution is 5.76. The number of rotatable bonds is 5. The second-order valence-electron chi connectivity index (χ2n) is 6.34. The van der Waals surface area contributed by atoms with Gasteiger partial charge in [0, 0.05) is 19.5 Å². The van der Waals surface area contributed by atoms with Gasteiger partial charge in [0.2, 0.25) is 5.91 Å². The number of likely N-dealkylation sites (tertiary alicyclic amines) is 1. The number of carbonyl (C=O) groups excluding carboxylic acids is 1. The lowest BCUT2D eigenvalue weighted by Gasteiger charge is -2.36. The number of amides is 1. The minimum atomic E-state index is -0.474. The van der Waals surface area contributed by atoms with E-state index in [0.29, 0.717) is 31.9 Å². The first-order valence-electron chi connectivity index (χ1n) is 8.36. The first-order valence-corrected chi connectivity index (χ1v) is 8.36. The Balaban J connectivity index is 1.49. The molecule has 0 unspecified atom stereocenters. The maximum atomic E-state index is 12.3. The van der Waals surface area contributed by atoms with E-state index in [1.807, 2.05) is 25.1 Å². The molecule has 1 N–H and O–H groups in total. The first kappa shape index (κ1) is 16.6. The molecule has 1 aliphatic heterocycles. The zero-order chi connectivity index (χ0) is 16.9. The zero-order valence-corrected chi connectivity index (χ0v) is 13.9. The summed E-state index contributed by atoms with van der Waals surface area (Å²) in [6, 6.07) is 10.2. The fourth-order valence-electron chi connectivity index (χ4n) is 3.18. The molecule has 1 fully saturated rings. The number of β-amino-alcohol motifs (C(OH)–C–C–N with tert-alkyl or cyclic N) is 1. The van der Waals surface area contributed by atoms with Crippen LogP contribution in [0, 0.1) is 12.8 Å². The van der Waals surface area contributed by atoms with Crippen molar-refractivity contribution in [3.8, 4) is 0 Å². The van der Waals surface area contributed by atoms with Crippen LogP contribution in [0.25, 0.3) is 0 Å². The van der Waals surface area contributed by atoms with Gasteiger partial charge in [-0.05, 0) is 41.7 Å². The molecule has 7 heteroatoms. The average molecular weight is 329 g/mol. The van der Waals surface area contributed by atoms with E-state index in [4.69, 9.17) is 0 Å². The number of hydrogen-bond acceptors (Lipinski definition) is 5. The Morgan fingerprint density at radius 3 is 2.79 bits per heavy atom. The molecule has 2 atom stereocenters. The van der Waals surface area contributed by atoms with Crippen molar-refractivity contribution >= 4 is 5.91 Å². The highest BCUT2D eigenvalue weighted by atomic mass is 16.3.